The fourth-order valence-corrected chi connectivity index (χ4v) is 1.80. The monoisotopic (exact) mass is 340 g/mol. The molecule has 2 aromatic rings. The predicted molar refractivity (Wildman–Crippen MR) is 73.9 cm³/mol. The molecule has 0 atom stereocenters. The van der Waals surface area contributed by atoms with E-state index in [9.17, 15) is 10.1 Å². The molecule has 9 heteroatoms. The van der Waals surface area contributed by atoms with Crippen LogP contribution in [0.3, 0.4) is 0 Å². The lowest BCUT2D eigenvalue weighted by atomic mass is 10.3. The third kappa shape index (κ3) is 3.12. The third-order valence-electron chi connectivity index (χ3n) is 2.25. The maximum Gasteiger partial charge on any atom is 0.325 e. The molecule has 0 radical (unpaired) electrons. The lowest BCUT2D eigenvalue weighted by Crippen LogP contribution is -1.99. The molecule has 0 unspecified atom stereocenters. The van der Waals surface area contributed by atoms with E-state index in [0.717, 1.165) is 0 Å². The molecule has 0 aliphatic rings. The Labute approximate surface area is 121 Å². The number of nitro groups is 1. The summed E-state index contributed by atoms with van der Waals surface area (Å²) in [6, 6.07) is 5.41. The van der Waals surface area contributed by atoms with Gasteiger partial charge in [0.2, 0.25) is 0 Å². The lowest BCUT2D eigenvalue weighted by molar-refractivity contribution is -0.384. The summed E-state index contributed by atoms with van der Waals surface area (Å²) in [6.45, 7) is 0. The number of non-ortho nitro benzene ring substituents is 1. The highest BCUT2D eigenvalue weighted by Crippen LogP contribution is 2.34. The predicted octanol–water partition coefficient (Wildman–Crippen LogP) is 2.53. The van der Waals surface area contributed by atoms with E-state index in [2.05, 4.69) is 25.9 Å². The van der Waals surface area contributed by atoms with Gasteiger partial charge in [-0.15, -0.1) is 0 Å². The highest BCUT2D eigenvalue weighted by atomic mass is 79.9. The molecule has 1 aromatic carbocycles. The van der Waals surface area contributed by atoms with Crippen molar-refractivity contribution in [1.82, 2.24) is 9.97 Å². The zero-order valence-corrected chi connectivity index (χ0v) is 11.8. The van der Waals surface area contributed by atoms with Gasteiger partial charge in [0.1, 0.15) is 10.4 Å². The van der Waals surface area contributed by atoms with Crippen LogP contribution in [0.15, 0.2) is 28.9 Å². The minimum absolute atomic E-state index is 0.0457. The number of nitrogen functional groups attached to an aromatic ring is 1. The van der Waals surface area contributed by atoms with Crippen LogP contribution in [-0.2, 0) is 0 Å². The number of nitrogens with two attached hydrogens (primary N) is 1. The first-order valence-electron chi connectivity index (χ1n) is 5.30. The molecule has 0 aliphatic heterocycles. The molecule has 104 valence electrons. The van der Waals surface area contributed by atoms with Crippen molar-refractivity contribution in [3.63, 3.8) is 0 Å². The molecular weight excluding hydrogens is 332 g/mol. The van der Waals surface area contributed by atoms with Crippen molar-refractivity contribution in [1.29, 1.82) is 0 Å². The fraction of sp³-hybridized carbons (Fsp3) is 0.0909. The SMILES string of the molecule is COc1ccc([N+](=O)[O-])cc1Oc1nc(N)cc(Br)n1. The lowest BCUT2D eigenvalue weighted by Gasteiger charge is -2.09. The van der Waals surface area contributed by atoms with Crippen molar-refractivity contribution in [2.75, 3.05) is 12.8 Å². The van der Waals surface area contributed by atoms with Crippen LogP contribution in [0.1, 0.15) is 0 Å². The van der Waals surface area contributed by atoms with Gasteiger partial charge >= 0.3 is 6.01 Å². The number of anilines is 1. The van der Waals surface area contributed by atoms with E-state index in [0.29, 0.717) is 10.4 Å². The molecule has 1 heterocycles. The van der Waals surface area contributed by atoms with Gasteiger partial charge in [-0.25, -0.2) is 0 Å². The van der Waals surface area contributed by atoms with Crippen LogP contribution in [-0.4, -0.2) is 22.0 Å². The van der Waals surface area contributed by atoms with Crippen molar-refractivity contribution in [3.05, 3.63) is 39.0 Å². The summed E-state index contributed by atoms with van der Waals surface area (Å²) in [5.41, 5.74) is 5.43. The number of halogens is 1. The summed E-state index contributed by atoms with van der Waals surface area (Å²) in [6.07, 6.45) is 0. The quantitative estimate of drug-likeness (QED) is 0.516. The summed E-state index contributed by atoms with van der Waals surface area (Å²) < 4.78 is 10.9. The number of methoxy groups -OCH3 is 1. The Morgan fingerprint density at radius 3 is 2.65 bits per heavy atom. The van der Waals surface area contributed by atoms with Crippen LogP contribution in [0.25, 0.3) is 0 Å². The molecule has 8 nitrogen and oxygen atoms in total. The van der Waals surface area contributed by atoms with Gasteiger partial charge in [-0.05, 0) is 22.0 Å². The van der Waals surface area contributed by atoms with Crippen LogP contribution in [0.5, 0.6) is 17.5 Å². The Morgan fingerprint density at radius 1 is 1.30 bits per heavy atom. The highest BCUT2D eigenvalue weighted by Gasteiger charge is 2.14. The van der Waals surface area contributed by atoms with E-state index in [-0.39, 0.29) is 23.3 Å². The molecule has 1 aromatic heterocycles. The number of hydrogen-bond donors (Lipinski definition) is 1. The Kier molecular flexibility index (Phi) is 3.99. The maximum atomic E-state index is 10.8. The Balaban J connectivity index is 2.40. The normalized spacial score (nSPS) is 10.1. The first-order chi connectivity index (χ1) is 9.49. The number of nitro benzene ring substituents is 1. The molecule has 0 amide bonds. The fourth-order valence-electron chi connectivity index (χ4n) is 1.42. The number of nitrogens with zero attached hydrogens (tertiary/aromatic N) is 3. The highest BCUT2D eigenvalue weighted by molar-refractivity contribution is 9.10. The Bertz CT molecular complexity index is 645. The van der Waals surface area contributed by atoms with Crippen molar-refractivity contribution < 1.29 is 14.4 Å². The topological polar surface area (TPSA) is 113 Å². The summed E-state index contributed by atoms with van der Waals surface area (Å²) in [5.74, 6) is 0.642. The third-order valence-corrected chi connectivity index (χ3v) is 2.66. The van der Waals surface area contributed by atoms with E-state index in [1.807, 2.05) is 0 Å². The molecule has 0 saturated carbocycles. The molecule has 0 bridgehead atoms. The van der Waals surface area contributed by atoms with Crippen molar-refractivity contribution in [3.8, 4) is 17.5 Å². The minimum atomic E-state index is -0.539. The van der Waals surface area contributed by atoms with Crippen molar-refractivity contribution in [2.45, 2.75) is 0 Å². The van der Waals surface area contributed by atoms with Gasteiger partial charge in [0.15, 0.2) is 11.5 Å². The second-order valence-electron chi connectivity index (χ2n) is 3.59. The molecule has 2 rings (SSSR count). The maximum absolute atomic E-state index is 10.8. The van der Waals surface area contributed by atoms with Gasteiger partial charge in [0, 0.05) is 12.1 Å². The van der Waals surface area contributed by atoms with Gasteiger partial charge in [-0.1, -0.05) is 0 Å². The van der Waals surface area contributed by atoms with Crippen LogP contribution >= 0.6 is 15.9 Å². The second-order valence-corrected chi connectivity index (χ2v) is 4.40. The Hall–Kier alpha value is -2.42. The van der Waals surface area contributed by atoms with Crippen LogP contribution in [0, 0.1) is 10.1 Å². The summed E-state index contributed by atoms with van der Waals surface area (Å²) in [4.78, 5) is 18.1. The van der Waals surface area contributed by atoms with Crippen LogP contribution in [0.2, 0.25) is 0 Å². The average Bonchev–Trinajstić information content (AvgIpc) is 2.37. The number of aromatic nitrogens is 2. The standard InChI is InChI=1S/C11H9BrN4O4/c1-19-7-3-2-6(16(17)18)4-8(7)20-11-14-9(12)5-10(13)15-11/h2-5H,1H3,(H2,13,14,15). The van der Waals surface area contributed by atoms with E-state index in [1.165, 1.54) is 31.4 Å². The number of ether oxygens (including phenoxy) is 2. The van der Waals surface area contributed by atoms with Crippen LogP contribution in [0.4, 0.5) is 11.5 Å². The van der Waals surface area contributed by atoms with E-state index < -0.39 is 4.92 Å². The minimum Gasteiger partial charge on any atom is -0.493 e. The number of benzene rings is 1. The Morgan fingerprint density at radius 2 is 2.05 bits per heavy atom. The number of hydrogen-bond acceptors (Lipinski definition) is 7. The van der Waals surface area contributed by atoms with Crippen molar-refractivity contribution >= 4 is 27.4 Å². The van der Waals surface area contributed by atoms with Crippen molar-refractivity contribution in [2.24, 2.45) is 0 Å². The van der Waals surface area contributed by atoms with Gasteiger partial charge in [0.25, 0.3) is 5.69 Å². The van der Waals surface area contributed by atoms with E-state index >= 15 is 0 Å². The van der Waals surface area contributed by atoms with E-state index in [1.54, 1.807) is 0 Å². The zero-order chi connectivity index (χ0) is 14.7. The molecule has 0 fully saturated rings. The molecule has 2 N–H and O–H groups in total. The molecule has 20 heavy (non-hydrogen) atoms. The average molecular weight is 341 g/mol. The number of rotatable bonds is 4. The molecule has 0 aliphatic carbocycles. The molecular formula is C11H9BrN4O4. The van der Waals surface area contributed by atoms with Crippen LogP contribution < -0.4 is 15.2 Å². The summed E-state index contributed by atoms with van der Waals surface area (Å²) >= 11 is 3.15. The summed E-state index contributed by atoms with van der Waals surface area (Å²) in [5, 5.41) is 10.8. The summed E-state index contributed by atoms with van der Waals surface area (Å²) in [7, 11) is 1.42. The van der Waals surface area contributed by atoms with Gasteiger partial charge in [-0.3, -0.25) is 10.1 Å². The zero-order valence-electron chi connectivity index (χ0n) is 10.2. The van der Waals surface area contributed by atoms with E-state index in [4.69, 9.17) is 15.2 Å². The van der Waals surface area contributed by atoms with Gasteiger partial charge < -0.3 is 15.2 Å². The molecule has 0 saturated heterocycles. The second kappa shape index (κ2) is 5.70. The van der Waals surface area contributed by atoms with Gasteiger partial charge in [0.05, 0.1) is 18.1 Å². The smallest absolute Gasteiger partial charge is 0.325 e. The largest absolute Gasteiger partial charge is 0.493 e. The molecule has 0 spiro atoms. The van der Waals surface area contributed by atoms with Gasteiger partial charge in [-0.2, -0.15) is 9.97 Å². The first-order valence-corrected chi connectivity index (χ1v) is 6.09. The first kappa shape index (κ1) is 14.0.